The van der Waals surface area contributed by atoms with Gasteiger partial charge in [0.05, 0.1) is 19.6 Å². The molecule has 6 nitrogen and oxygen atoms in total. The highest BCUT2D eigenvalue weighted by molar-refractivity contribution is 6.00. The van der Waals surface area contributed by atoms with Gasteiger partial charge in [-0.2, -0.15) is 0 Å². The van der Waals surface area contributed by atoms with Crippen molar-refractivity contribution in [2.24, 2.45) is 5.92 Å². The summed E-state index contributed by atoms with van der Waals surface area (Å²) >= 11 is 0. The van der Waals surface area contributed by atoms with E-state index < -0.39 is 0 Å². The number of benzene rings is 2. The number of hydrogen-bond donors (Lipinski definition) is 1. The Kier molecular flexibility index (Phi) is 5.96. The molecule has 3 rings (SSSR count). The molecule has 0 saturated carbocycles. The summed E-state index contributed by atoms with van der Waals surface area (Å²) in [6, 6.07) is 14.9. The van der Waals surface area contributed by atoms with Crippen LogP contribution in [0.3, 0.4) is 0 Å². The van der Waals surface area contributed by atoms with Gasteiger partial charge in [-0.05, 0) is 48.9 Å². The summed E-state index contributed by atoms with van der Waals surface area (Å²) in [5, 5.41) is 2.92. The second kappa shape index (κ2) is 8.58. The minimum atomic E-state index is -0.352. The lowest BCUT2D eigenvalue weighted by Crippen LogP contribution is -2.32. The maximum Gasteiger partial charge on any atom is 0.227 e. The van der Waals surface area contributed by atoms with E-state index in [4.69, 9.17) is 9.47 Å². The van der Waals surface area contributed by atoms with Crippen LogP contribution in [-0.4, -0.2) is 32.1 Å². The Balaban J connectivity index is 1.58. The van der Waals surface area contributed by atoms with Crippen LogP contribution in [0, 0.1) is 5.92 Å². The molecule has 1 fully saturated rings. The van der Waals surface area contributed by atoms with Crippen molar-refractivity contribution in [2.75, 3.05) is 25.2 Å². The third-order valence-electron chi connectivity index (χ3n) is 4.56. The molecule has 0 aromatic heterocycles. The van der Waals surface area contributed by atoms with Crippen molar-refractivity contribution in [3.8, 4) is 11.5 Å². The summed E-state index contributed by atoms with van der Waals surface area (Å²) in [6.45, 7) is 3.31. The number of rotatable bonds is 7. The predicted octanol–water partition coefficient (Wildman–Crippen LogP) is 2.76. The number of nitrogens with one attached hydrogen (secondary N) is 1. The molecule has 0 unspecified atom stereocenters. The maximum absolute atomic E-state index is 12.5. The Labute approximate surface area is 159 Å². The first kappa shape index (κ1) is 18.8. The van der Waals surface area contributed by atoms with Gasteiger partial charge in [0.1, 0.15) is 11.5 Å². The second-order valence-electron chi connectivity index (χ2n) is 6.40. The third kappa shape index (κ3) is 4.58. The molecule has 6 heteroatoms. The van der Waals surface area contributed by atoms with E-state index in [9.17, 15) is 9.59 Å². The summed E-state index contributed by atoms with van der Waals surface area (Å²) in [6.07, 6.45) is 0.219. The zero-order chi connectivity index (χ0) is 19.2. The maximum atomic E-state index is 12.5. The lowest BCUT2D eigenvalue weighted by molar-refractivity contribution is -0.126. The van der Waals surface area contributed by atoms with Crippen molar-refractivity contribution in [1.29, 1.82) is 0 Å². The molecule has 1 aliphatic rings. The molecule has 0 bridgehead atoms. The summed E-state index contributed by atoms with van der Waals surface area (Å²) < 4.78 is 10.6. The Morgan fingerprint density at radius 1 is 1.19 bits per heavy atom. The standard InChI is InChI=1S/C21H24N2O4/c1-3-27-18-9-7-17(8-10-18)23-14-16(12-20(23)24)21(25)22-13-15-5-4-6-19(11-15)26-2/h4-11,16H,3,12-14H2,1-2H3,(H,22,25)/t16-/m0/s1. The first-order chi connectivity index (χ1) is 13.1. The number of carbonyl (C=O) groups excluding carboxylic acids is 2. The predicted molar refractivity (Wildman–Crippen MR) is 103 cm³/mol. The minimum absolute atomic E-state index is 0.0410. The molecule has 27 heavy (non-hydrogen) atoms. The first-order valence-corrected chi connectivity index (χ1v) is 9.04. The Bertz CT molecular complexity index is 804. The SMILES string of the molecule is CCOc1ccc(N2C[C@@H](C(=O)NCc3cccc(OC)c3)CC2=O)cc1. The molecule has 1 saturated heterocycles. The minimum Gasteiger partial charge on any atom is -0.497 e. The third-order valence-corrected chi connectivity index (χ3v) is 4.56. The van der Waals surface area contributed by atoms with Crippen LogP contribution in [0.25, 0.3) is 0 Å². The summed E-state index contributed by atoms with van der Waals surface area (Å²) in [5.41, 5.74) is 1.74. The number of hydrogen-bond acceptors (Lipinski definition) is 4. The zero-order valence-electron chi connectivity index (χ0n) is 15.6. The average molecular weight is 368 g/mol. The van der Waals surface area contributed by atoms with Crippen LogP contribution >= 0.6 is 0 Å². The summed E-state index contributed by atoms with van der Waals surface area (Å²) in [4.78, 5) is 26.5. The molecular formula is C21H24N2O4. The number of ether oxygens (including phenoxy) is 2. The lowest BCUT2D eigenvalue weighted by atomic mass is 10.1. The first-order valence-electron chi connectivity index (χ1n) is 9.04. The largest absolute Gasteiger partial charge is 0.497 e. The van der Waals surface area contributed by atoms with E-state index in [1.54, 1.807) is 12.0 Å². The van der Waals surface area contributed by atoms with Gasteiger partial charge in [0.15, 0.2) is 0 Å². The van der Waals surface area contributed by atoms with Crippen molar-refractivity contribution in [1.82, 2.24) is 5.32 Å². The van der Waals surface area contributed by atoms with Gasteiger partial charge in [-0.25, -0.2) is 0 Å². The Morgan fingerprint density at radius 2 is 1.96 bits per heavy atom. The monoisotopic (exact) mass is 368 g/mol. The highest BCUT2D eigenvalue weighted by atomic mass is 16.5. The van der Waals surface area contributed by atoms with Gasteiger partial charge in [-0.1, -0.05) is 12.1 Å². The lowest BCUT2D eigenvalue weighted by Gasteiger charge is -2.17. The topological polar surface area (TPSA) is 67.9 Å². The van der Waals surface area contributed by atoms with Gasteiger partial charge in [-0.3, -0.25) is 9.59 Å². The molecule has 2 aromatic rings. The van der Waals surface area contributed by atoms with Crippen molar-refractivity contribution in [3.05, 3.63) is 54.1 Å². The molecule has 2 amide bonds. The summed E-state index contributed by atoms with van der Waals surface area (Å²) in [7, 11) is 1.61. The van der Waals surface area contributed by atoms with E-state index in [0.29, 0.717) is 19.7 Å². The van der Waals surface area contributed by atoms with E-state index >= 15 is 0 Å². The smallest absolute Gasteiger partial charge is 0.227 e. The van der Waals surface area contributed by atoms with Crippen LogP contribution in [0.2, 0.25) is 0 Å². The zero-order valence-corrected chi connectivity index (χ0v) is 15.6. The van der Waals surface area contributed by atoms with Gasteiger partial charge >= 0.3 is 0 Å². The number of nitrogens with zero attached hydrogens (tertiary/aromatic N) is 1. The van der Waals surface area contributed by atoms with E-state index in [1.807, 2.05) is 55.5 Å². The molecule has 142 valence electrons. The van der Waals surface area contributed by atoms with E-state index in [0.717, 1.165) is 22.7 Å². The van der Waals surface area contributed by atoms with Gasteiger partial charge < -0.3 is 19.7 Å². The van der Waals surface area contributed by atoms with Gasteiger partial charge in [0, 0.05) is 25.2 Å². The van der Waals surface area contributed by atoms with Crippen molar-refractivity contribution in [3.63, 3.8) is 0 Å². The van der Waals surface area contributed by atoms with Gasteiger partial charge in [0.2, 0.25) is 11.8 Å². The van der Waals surface area contributed by atoms with Crippen LogP contribution in [-0.2, 0) is 16.1 Å². The number of methoxy groups -OCH3 is 1. The molecule has 1 atom stereocenters. The van der Waals surface area contributed by atoms with Gasteiger partial charge in [0.25, 0.3) is 0 Å². The van der Waals surface area contributed by atoms with Crippen LogP contribution in [0.1, 0.15) is 18.9 Å². The second-order valence-corrected chi connectivity index (χ2v) is 6.40. The summed E-state index contributed by atoms with van der Waals surface area (Å²) in [5.74, 6) is 1.01. The quantitative estimate of drug-likeness (QED) is 0.816. The molecule has 0 spiro atoms. The fourth-order valence-electron chi connectivity index (χ4n) is 3.14. The van der Waals surface area contributed by atoms with E-state index in [1.165, 1.54) is 0 Å². The fraction of sp³-hybridized carbons (Fsp3) is 0.333. The van der Waals surface area contributed by atoms with E-state index in [2.05, 4.69) is 5.32 Å². The molecule has 0 radical (unpaired) electrons. The molecule has 0 aliphatic carbocycles. The number of carbonyl (C=O) groups is 2. The van der Waals surface area contributed by atoms with Crippen LogP contribution in [0.15, 0.2) is 48.5 Å². The molecule has 1 aliphatic heterocycles. The highest BCUT2D eigenvalue weighted by Crippen LogP contribution is 2.27. The van der Waals surface area contributed by atoms with Gasteiger partial charge in [-0.15, -0.1) is 0 Å². The molecular weight excluding hydrogens is 344 g/mol. The highest BCUT2D eigenvalue weighted by Gasteiger charge is 2.35. The van der Waals surface area contributed by atoms with E-state index in [-0.39, 0.29) is 24.2 Å². The molecule has 1 N–H and O–H groups in total. The molecule has 2 aromatic carbocycles. The molecule has 1 heterocycles. The number of amides is 2. The fourth-order valence-corrected chi connectivity index (χ4v) is 3.14. The van der Waals surface area contributed by atoms with Crippen molar-refractivity contribution in [2.45, 2.75) is 19.9 Å². The Hall–Kier alpha value is -3.02. The normalized spacial score (nSPS) is 16.3. The van der Waals surface area contributed by atoms with Crippen molar-refractivity contribution >= 4 is 17.5 Å². The van der Waals surface area contributed by atoms with Crippen molar-refractivity contribution < 1.29 is 19.1 Å². The van der Waals surface area contributed by atoms with Crippen LogP contribution < -0.4 is 19.7 Å². The van der Waals surface area contributed by atoms with Crippen LogP contribution in [0.5, 0.6) is 11.5 Å². The average Bonchev–Trinajstić information content (AvgIpc) is 3.09. The van der Waals surface area contributed by atoms with Crippen LogP contribution in [0.4, 0.5) is 5.69 Å². The Morgan fingerprint density at radius 3 is 2.67 bits per heavy atom. The number of anilines is 1.